The van der Waals surface area contributed by atoms with Crippen LogP contribution in [-0.4, -0.2) is 43.8 Å². The minimum Gasteiger partial charge on any atom is -0.391 e. The Labute approximate surface area is 142 Å². The number of rotatable bonds is 5. The Bertz CT molecular complexity index is 690. The Balaban J connectivity index is 1.75. The largest absolute Gasteiger partial charge is 0.391 e. The van der Waals surface area contributed by atoms with Gasteiger partial charge >= 0.3 is 0 Å². The lowest BCUT2D eigenvalue weighted by atomic mass is 10.1. The van der Waals surface area contributed by atoms with Crippen molar-refractivity contribution in [1.82, 2.24) is 10.6 Å². The first-order valence-electron chi connectivity index (χ1n) is 8.21. The van der Waals surface area contributed by atoms with Crippen LogP contribution in [0.1, 0.15) is 10.4 Å². The lowest BCUT2D eigenvalue weighted by Crippen LogP contribution is -2.34. The smallest absolute Gasteiger partial charge is 0.253 e. The fourth-order valence-electron chi connectivity index (χ4n) is 3.00. The van der Waals surface area contributed by atoms with Crippen LogP contribution in [0.5, 0.6) is 0 Å². The number of benzene rings is 2. The van der Waals surface area contributed by atoms with Crippen molar-refractivity contribution in [1.29, 1.82) is 0 Å². The number of para-hydroxylation sites is 2. The average Bonchev–Trinajstić information content (AvgIpc) is 3.05. The van der Waals surface area contributed by atoms with E-state index in [0.29, 0.717) is 18.7 Å². The maximum absolute atomic E-state index is 12.6. The molecule has 1 aliphatic heterocycles. The summed E-state index contributed by atoms with van der Waals surface area (Å²) in [6, 6.07) is 17.5. The summed E-state index contributed by atoms with van der Waals surface area (Å²) in [6.45, 7) is 1.79. The van der Waals surface area contributed by atoms with E-state index in [1.165, 1.54) is 0 Å². The van der Waals surface area contributed by atoms with Crippen molar-refractivity contribution in [3.8, 4) is 0 Å². The van der Waals surface area contributed by atoms with E-state index < -0.39 is 6.10 Å². The molecule has 5 nitrogen and oxygen atoms in total. The number of hydrogen-bond acceptors (Lipinski definition) is 4. The highest BCUT2D eigenvalue weighted by atomic mass is 16.3. The summed E-state index contributed by atoms with van der Waals surface area (Å²) >= 11 is 0. The van der Waals surface area contributed by atoms with E-state index in [1.807, 2.05) is 66.5 Å². The van der Waals surface area contributed by atoms with Gasteiger partial charge in [-0.05, 0) is 24.3 Å². The van der Waals surface area contributed by atoms with Gasteiger partial charge in [-0.3, -0.25) is 4.79 Å². The van der Waals surface area contributed by atoms with Gasteiger partial charge in [0, 0.05) is 38.3 Å². The van der Waals surface area contributed by atoms with Crippen LogP contribution in [0.4, 0.5) is 11.4 Å². The third kappa shape index (κ3) is 3.58. The summed E-state index contributed by atoms with van der Waals surface area (Å²) in [6.07, 6.45) is -0.396. The first-order chi connectivity index (χ1) is 11.7. The van der Waals surface area contributed by atoms with E-state index >= 15 is 0 Å². The van der Waals surface area contributed by atoms with Gasteiger partial charge in [0.15, 0.2) is 0 Å². The molecule has 1 heterocycles. The quantitative estimate of drug-likeness (QED) is 0.784. The molecule has 2 atom stereocenters. The van der Waals surface area contributed by atoms with Crippen LogP contribution in [-0.2, 0) is 0 Å². The summed E-state index contributed by atoms with van der Waals surface area (Å²) < 4.78 is 0. The summed E-state index contributed by atoms with van der Waals surface area (Å²) in [5.41, 5.74) is 2.50. The van der Waals surface area contributed by atoms with Gasteiger partial charge in [-0.15, -0.1) is 0 Å². The molecule has 0 saturated carbocycles. The minimum absolute atomic E-state index is 0.0629. The molecule has 2 aromatic rings. The van der Waals surface area contributed by atoms with Crippen molar-refractivity contribution in [3.05, 3.63) is 60.2 Å². The molecule has 5 heteroatoms. The van der Waals surface area contributed by atoms with Crippen molar-refractivity contribution in [3.63, 3.8) is 0 Å². The highest BCUT2D eigenvalue weighted by Crippen LogP contribution is 2.26. The zero-order valence-electron chi connectivity index (χ0n) is 13.8. The minimum atomic E-state index is -0.396. The fourth-order valence-corrected chi connectivity index (χ4v) is 3.00. The summed E-state index contributed by atoms with van der Waals surface area (Å²) in [7, 11) is 1.95. The number of aliphatic hydroxyl groups is 1. The molecule has 1 fully saturated rings. The first-order valence-corrected chi connectivity index (χ1v) is 8.21. The van der Waals surface area contributed by atoms with Gasteiger partial charge in [0.2, 0.25) is 0 Å². The molecule has 1 amide bonds. The Morgan fingerprint density at radius 2 is 1.88 bits per heavy atom. The Morgan fingerprint density at radius 1 is 1.17 bits per heavy atom. The number of amides is 1. The van der Waals surface area contributed by atoms with E-state index in [4.69, 9.17) is 0 Å². The molecule has 0 radical (unpaired) electrons. The molecule has 0 bridgehead atoms. The van der Waals surface area contributed by atoms with Crippen LogP contribution in [0.25, 0.3) is 0 Å². The second kappa shape index (κ2) is 7.47. The highest BCUT2D eigenvalue weighted by Gasteiger charge is 2.25. The van der Waals surface area contributed by atoms with Crippen molar-refractivity contribution in [2.75, 3.05) is 31.6 Å². The molecule has 2 unspecified atom stereocenters. The molecule has 0 aliphatic carbocycles. The molecule has 0 spiro atoms. The van der Waals surface area contributed by atoms with Crippen LogP contribution in [0.3, 0.4) is 0 Å². The molecule has 3 N–H and O–H groups in total. The van der Waals surface area contributed by atoms with E-state index in [0.717, 1.165) is 17.9 Å². The number of β-amino-alcohol motifs (C(OH)–C–C–N with tert-alkyl or cyclic N) is 1. The van der Waals surface area contributed by atoms with Crippen molar-refractivity contribution < 1.29 is 9.90 Å². The maximum Gasteiger partial charge on any atom is 0.253 e. The molecule has 126 valence electrons. The van der Waals surface area contributed by atoms with Gasteiger partial charge in [-0.1, -0.05) is 30.3 Å². The molecule has 3 rings (SSSR count). The van der Waals surface area contributed by atoms with Gasteiger partial charge in [0.05, 0.1) is 17.4 Å². The Kier molecular flexibility index (Phi) is 5.13. The van der Waals surface area contributed by atoms with Gasteiger partial charge in [-0.2, -0.15) is 0 Å². The standard InChI is InChI=1S/C19H23N3O2/c1-22(15-7-3-2-4-8-15)17-10-6-5-9-16(17)19(24)21-12-14-11-20-13-18(14)23/h2-10,14,18,20,23H,11-13H2,1H3,(H,21,24). The van der Waals surface area contributed by atoms with Crippen LogP contribution in [0.15, 0.2) is 54.6 Å². The lowest BCUT2D eigenvalue weighted by molar-refractivity contribution is 0.0927. The van der Waals surface area contributed by atoms with Crippen molar-refractivity contribution >= 4 is 17.3 Å². The lowest BCUT2D eigenvalue weighted by Gasteiger charge is -2.22. The monoisotopic (exact) mass is 325 g/mol. The Morgan fingerprint density at radius 3 is 2.58 bits per heavy atom. The Hall–Kier alpha value is -2.37. The number of hydrogen-bond donors (Lipinski definition) is 3. The maximum atomic E-state index is 12.6. The molecular weight excluding hydrogens is 302 g/mol. The predicted octanol–water partition coefficient (Wildman–Crippen LogP) is 1.76. The van der Waals surface area contributed by atoms with E-state index in [2.05, 4.69) is 10.6 Å². The topological polar surface area (TPSA) is 64.6 Å². The van der Waals surface area contributed by atoms with Crippen molar-refractivity contribution in [2.24, 2.45) is 5.92 Å². The molecule has 2 aromatic carbocycles. The summed E-state index contributed by atoms with van der Waals surface area (Å²) in [4.78, 5) is 14.6. The van der Waals surface area contributed by atoms with Crippen LogP contribution in [0, 0.1) is 5.92 Å². The van der Waals surface area contributed by atoms with E-state index in [1.54, 1.807) is 0 Å². The van der Waals surface area contributed by atoms with Gasteiger partial charge in [0.25, 0.3) is 5.91 Å². The number of carbonyl (C=O) groups excluding carboxylic acids is 1. The van der Waals surface area contributed by atoms with Gasteiger partial charge in [-0.25, -0.2) is 0 Å². The second-order valence-corrected chi connectivity index (χ2v) is 6.11. The van der Waals surface area contributed by atoms with Crippen LogP contribution in [0.2, 0.25) is 0 Å². The number of aliphatic hydroxyl groups excluding tert-OH is 1. The summed E-state index contributed by atoms with van der Waals surface area (Å²) in [5, 5.41) is 15.9. The van der Waals surface area contributed by atoms with E-state index in [-0.39, 0.29) is 11.8 Å². The SMILES string of the molecule is CN(c1ccccc1)c1ccccc1C(=O)NCC1CNCC1O. The van der Waals surface area contributed by atoms with Gasteiger partial charge < -0.3 is 20.6 Å². The third-order valence-corrected chi connectivity index (χ3v) is 4.48. The van der Waals surface area contributed by atoms with Crippen molar-refractivity contribution in [2.45, 2.75) is 6.10 Å². The first kappa shape index (κ1) is 16.5. The molecular formula is C19H23N3O2. The van der Waals surface area contributed by atoms with Gasteiger partial charge in [0.1, 0.15) is 0 Å². The third-order valence-electron chi connectivity index (χ3n) is 4.48. The predicted molar refractivity (Wildman–Crippen MR) is 95.6 cm³/mol. The number of anilines is 2. The molecule has 0 aromatic heterocycles. The van der Waals surface area contributed by atoms with E-state index in [9.17, 15) is 9.90 Å². The van der Waals surface area contributed by atoms with Crippen LogP contribution >= 0.6 is 0 Å². The summed E-state index contributed by atoms with van der Waals surface area (Å²) in [5.74, 6) is -0.0551. The molecule has 1 aliphatic rings. The molecule has 24 heavy (non-hydrogen) atoms. The van der Waals surface area contributed by atoms with Crippen LogP contribution < -0.4 is 15.5 Å². The normalized spacial score (nSPS) is 19.9. The zero-order chi connectivity index (χ0) is 16.9. The number of nitrogens with zero attached hydrogens (tertiary/aromatic N) is 1. The zero-order valence-corrected chi connectivity index (χ0v) is 13.8. The number of carbonyl (C=O) groups is 1. The fraction of sp³-hybridized carbons (Fsp3) is 0.316. The number of nitrogens with one attached hydrogen (secondary N) is 2. The highest BCUT2D eigenvalue weighted by molar-refractivity contribution is 6.00. The average molecular weight is 325 g/mol. The molecule has 1 saturated heterocycles. The second-order valence-electron chi connectivity index (χ2n) is 6.11.